The van der Waals surface area contributed by atoms with E-state index in [1.54, 1.807) is 25.1 Å². The number of carbonyl (C=O) groups excluding carboxylic acids is 1. The Kier molecular flexibility index (Phi) is 1.88. The lowest BCUT2D eigenvalue weighted by molar-refractivity contribution is 0.112. The zero-order chi connectivity index (χ0) is 9.42. The van der Waals surface area contributed by atoms with Crippen LogP contribution in [-0.2, 0) is 0 Å². The smallest absolute Gasteiger partial charge is 0.180 e. The van der Waals surface area contributed by atoms with Crippen molar-refractivity contribution in [2.24, 2.45) is 0 Å². The molecule has 0 amide bonds. The molecule has 0 radical (unpaired) electrons. The van der Waals surface area contributed by atoms with E-state index in [4.69, 9.17) is 0 Å². The average Bonchev–Trinajstić information content (AvgIpc) is 2.42. The van der Waals surface area contributed by atoms with E-state index in [1.807, 2.05) is 0 Å². The van der Waals surface area contributed by atoms with Crippen molar-refractivity contribution in [1.82, 2.24) is 0 Å². The number of benzene rings is 1. The summed E-state index contributed by atoms with van der Waals surface area (Å²) in [6.07, 6.45) is 0.770. The van der Waals surface area contributed by atoms with Crippen LogP contribution in [0.1, 0.15) is 15.9 Å². The number of carbonyl (C=O) groups is 1. The van der Waals surface area contributed by atoms with Crippen molar-refractivity contribution in [2.45, 2.75) is 6.92 Å². The van der Waals surface area contributed by atoms with E-state index in [1.165, 1.54) is 0 Å². The molecule has 0 unspecified atom stereocenters. The number of fused-ring (bicyclic) bond motifs is 1. The molecular formula is C10H7FOS. The summed E-state index contributed by atoms with van der Waals surface area (Å²) in [4.78, 5) is 10.5. The van der Waals surface area contributed by atoms with Crippen LogP contribution < -0.4 is 0 Å². The lowest BCUT2D eigenvalue weighted by Gasteiger charge is -1.91. The van der Waals surface area contributed by atoms with E-state index in [0.717, 1.165) is 27.7 Å². The Morgan fingerprint density at radius 1 is 1.46 bits per heavy atom. The van der Waals surface area contributed by atoms with Crippen molar-refractivity contribution in [3.63, 3.8) is 0 Å². The average molecular weight is 194 g/mol. The van der Waals surface area contributed by atoms with E-state index in [-0.39, 0.29) is 5.13 Å². The first-order valence-electron chi connectivity index (χ1n) is 3.86. The zero-order valence-electron chi connectivity index (χ0n) is 7.00. The van der Waals surface area contributed by atoms with Crippen molar-refractivity contribution >= 4 is 27.7 Å². The van der Waals surface area contributed by atoms with Crippen LogP contribution in [0, 0.1) is 12.1 Å². The summed E-state index contributed by atoms with van der Waals surface area (Å²) in [5.74, 6) is 0. The Morgan fingerprint density at radius 3 is 2.92 bits per heavy atom. The van der Waals surface area contributed by atoms with Crippen molar-refractivity contribution in [2.75, 3.05) is 0 Å². The van der Waals surface area contributed by atoms with Crippen molar-refractivity contribution < 1.29 is 9.18 Å². The number of hydrogen-bond donors (Lipinski definition) is 0. The summed E-state index contributed by atoms with van der Waals surface area (Å²) in [6.45, 7) is 1.74. The third-order valence-corrected chi connectivity index (χ3v) is 3.08. The van der Waals surface area contributed by atoms with Crippen molar-refractivity contribution in [1.29, 1.82) is 0 Å². The van der Waals surface area contributed by atoms with Gasteiger partial charge in [0.1, 0.15) is 6.29 Å². The maximum atomic E-state index is 13.1. The first-order valence-corrected chi connectivity index (χ1v) is 4.68. The standard InChI is InChI=1S/C10H7FOS/c1-6-8-3-2-7(5-12)4-9(8)13-10(6)11/h2-5H,1H3. The second-order valence-corrected chi connectivity index (χ2v) is 3.88. The summed E-state index contributed by atoms with van der Waals surface area (Å²) in [6, 6.07) is 5.20. The van der Waals surface area contributed by atoms with Gasteiger partial charge >= 0.3 is 0 Å². The normalized spacial score (nSPS) is 10.6. The highest BCUT2D eigenvalue weighted by molar-refractivity contribution is 7.17. The van der Waals surface area contributed by atoms with Crippen LogP contribution >= 0.6 is 11.3 Å². The maximum Gasteiger partial charge on any atom is 0.180 e. The van der Waals surface area contributed by atoms with Crippen LogP contribution in [0.2, 0.25) is 0 Å². The van der Waals surface area contributed by atoms with Gasteiger partial charge in [-0.1, -0.05) is 12.1 Å². The van der Waals surface area contributed by atoms with E-state index < -0.39 is 0 Å². The molecule has 2 rings (SSSR count). The molecule has 0 N–H and O–H groups in total. The number of rotatable bonds is 1. The quantitative estimate of drug-likeness (QED) is 0.637. The van der Waals surface area contributed by atoms with Gasteiger partial charge in [-0.3, -0.25) is 4.79 Å². The Hall–Kier alpha value is -1.22. The van der Waals surface area contributed by atoms with Gasteiger partial charge in [-0.2, -0.15) is 4.39 Å². The molecule has 0 bridgehead atoms. The zero-order valence-corrected chi connectivity index (χ0v) is 7.82. The second-order valence-electron chi connectivity index (χ2n) is 2.87. The number of aryl methyl sites for hydroxylation is 1. The summed E-state index contributed by atoms with van der Waals surface area (Å²) in [7, 11) is 0. The van der Waals surface area contributed by atoms with Gasteiger partial charge in [-0.15, -0.1) is 11.3 Å². The van der Waals surface area contributed by atoms with Crippen LogP contribution in [0.4, 0.5) is 4.39 Å². The summed E-state index contributed by atoms with van der Waals surface area (Å²) < 4.78 is 13.9. The minimum absolute atomic E-state index is 0.168. The largest absolute Gasteiger partial charge is 0.298 e. The monoisotopic (exact) mass is 194 g/mol. The molecule has 0 fully saturated rings. The fraction of sp³-hybridized carbons (Fsp3) is 0.100. The first kappa shape index (κ1) is 8.38. The second kappa shape index (κ2) is 2.92. The molecule has 0 aliphatic carbocycles. The van der Waals surface area contributed by atoms with Gasteiger partial charge in [0.15, 0.2) is 5.13 Å². The highest BCUT2D eigenvalue weighted by Crippen LogP contribution is 2.29. The SMILES string of the molecule is Cc1c(F)sc2cc(C=O)ccc12. The predicted molar refractivity (Wildman–Crippen MR) is 51.9 cm³/mol. The van der Waals surface area contributed by atoms with E-state index in [2.05, 4.69) is 0 Å². The van der Waals surface area contributed by atoms with Crippen LogP contribution in [0.15, 0.2) is 18.2 Å². The molecular weight excluding hydrogens is 187 g/mol. The van der Waals surface area contributed by atoms with Crippen LogP contribution in [0.5, 0.6) is 0 Å². The van der Waals surface area contributed by atoms with Gasteiger partial charge in [-0.05, 0) is 18.4 Å². The van der Waals surface area contributed by atoms with Gasteiger partial charge in [0.2, 0.25) is 0 Å². The molecule has 0 atom stereocenters. The fourth-order valence-electron chi connectivity index (χ4n) is 1.29. The highest BCUT2D eigenvalue weighted by atomic mass is 32.1. The van der Waals surface area contributed by atoms with Crippen LogP contribution in [-0.4, -0.2) is 6.29 Å². The third kappa shape index (κ3) is 1.25. The lowest BCUT2D eigenvalue weighted by atomic mass is 10.1. The lowest BCUT2D eigenvalue weighted by Crippen LogP contribution is -1.77. The molecule has 1 heterocycles. The Labute approximate surface area is 78.8 Å². The number of hydrogen-bond acceptors (Lipinski definition) is 2. The van der Waals surface area contributed by atoms with Gasteiger partial charge in [-0.25, -0.2) is 0 Å². The molecule has 3 heteroatoms. The molecule has 0 saturated heterocycles. The fourth-order valence-corrected chi connectivity index (χ4v) is 2.27. The van der Waals surface area contributed by atoms with E-state index in [9.17, 15) is 9.18 Å². The number of aldehydes is 1. The molecule has 0 aliphatic heterocycles. The van der Waals surface area contributed by atoms with Gasteiger partial charge < -0.3 is 0 Å². The van der Waals surface area contributed by atoms with Crippen molar-refractivity contribution in [3.05, 3.63) is 34.5 Å². The van der Waals surface area contributed by atoms with E-state index >= 15 is 0 Å². The van der Waals surface area contributed by atoms with Crippen molar-refractivity contribution in [3.8, 4) is 0 Å². The van der Waals surface area contributed by atoms with Crippen LogP contribution in [0.25, 0.3) is 10.1 Å². The third-order valence-electron chi connectivity index (χ3n) is 2.04. The molecule has 0 spiro atoms. The first-order chi connectivity index (χ1) is 6.22. The molecule has 0 aliphatic rings. The molecule has 2 aromatic rings. The topological polar surface area (TPSA) is 17.1 Å². The predicted octanol–water partition coefficient (Wildman–Crippen LogP) is 3.16. The molecule has 13 heavy (non-hydrogen) atoms. The Bertz CT molecular complexity index is 473. The number of halogens is 1. The molecule has 1 aromatic carbocycles. The van der Waals surface area contributed by atoms with Gasteiger partial charge in [0, 0.05) is 15.8 Å². The minimum atomic E-state index is -0.168. The van der Waals surface area contributed by atoms with E-state index in [0.29, 0.717) is 11.1 Å². The van der Waals surface area contributed by atoms with Crippen LogP contribution in [0.3, 0.4) is 0 Å². The number of thiophene rings is 1. The summed E-state index contributed by atoms with van der Waals surface area (Å²) >= 11 is 1.08. The molecule has 0 saturated carbocycles. The summed E-state index contributed by atoms with van der Waals surface area (Å²) in [5.41, 5.74) is 1.26. The minimum Gasteiger partial charge on any atom is -0.298 e. The Balaban J connectivity index is 2.79. The molecule has 66 valence electrons. The Morgan fingerprint density at radius 2 is 2.23 bits per heavy atom. The van der Waals surface area contributed by atoms with Gasteiger partial charge in [0.25, 0.3) is 0 Å². The molecule has 1 aromatic heterocycles. The summed E-state index contributed by atoms with van der Waals surface area (Å²) in [5, 5.41) is 0.728. The molecule has 1 nitrogen and oxygen atoms in total. The van der Waals surface area contributed by atoms with Gasteiger partial charge in [0.05, 0.1) is 0 Å². The maximum absolute atomic E-state index is 13.1. The highest BCUT2D eigenvalue weighted by Gasteiger charge is 2.07.